The van der Waals surface area contributed by atoms with Gasteiger partial charge in [-0.1, -0.05) is 15.9 Å². The van der Waals surface area contributed by atoms with Gasteiger partial charge in [-0.25, -0.2) is 4.79 Å². The van der Waals surface area contributed by atoms with E-state index in [1.807, 2.05) is 0 Å². The number of carboxylic acid groups (broad SMARTS) is 1. The molecule has 0 bridgehead atoms. The average Bonchev–Trinajstić information content (AvgIpc) is 2.26. The van der Waals surface area contributed by atoms with E-state index in [9.17, 15) is 22.8 Å². The van der Waals surface area contributed by atoms with Crippen LogP contribution < -0.4 is 5.32 Å². The average molecular weight is 419 g/mol. The van der Waals surface area contributed by atoms with Gasteiger partial charge in [-0.05, 0) is 41.1 Å². The molecule has 0 saturated heterocycles. The lowest BCUT2D eigenvalue weighted by atomic mass is 10.0. The van der Waals surface area contributed by atoms with E-state index in [0.29, 0.717) is 11.4 Å². The van der Waals surface area contributed by atoms with E-state index >= 15 is 0 Å². The van der Waals surface area contributed by atoms with Gasteiger partial charge in [-0.2, -0.15) is 13.2 Å². The van der Waals surface area contributed by atoms with Gasteiger partial charge < -0.3 is 10.4 Å². The lowest BCUT2D eigenvalue weighted by Crippen LogP contribution is -2.61. The molecule has 1 aromatic rings. The van der Waals surface area contributed by atoms with Crippen LogP contribution in [0.2, 0.25) is 0 Å². The number of benzene rings is 1. The molecular weight excluding hydrogens is 411 g/mol. The van der Waals surface area contributed by atoms with E-state index < -0.39 is 23.6 Å². The van der Waals surface area contributed by atoms with Gasteiger partial charge in [0.2, 0.25) is 5.54 Å². The monoisotopic (exact) mass is 417 g/mol. The van der Waals surface area contributed by atoms with Gasteiger partial charge in [0.1, 0.15) is 0 Å². The number of carbonyl (C=O) groups excluding carboxylic acids is 1. The van der Waals surface area contributed by atoms with E-state index in [4.69, 9.17) is 5.11 Å². The van der Waals surface area contributed by atoms with Gasteiger partial charge in [0.05, 0.1) is 5.56 Å². The lowest BCUT2D eigenvalue weighted by Gasteiger charge is -2.28. The normalized spacial score (nSPS) is 14.5. The number of carboxylic acids is 1. The summed E-state index contributed by atoms with van der Waals surface area (Å²) >= 11 is 6.15. The minimum atomic E-state index is -5.13. The van der Waals surface area contributed by atoms with Gasteiger partial charge >= 0.3 is 12.1 Å². The third kappa shape index (κ3) is 3.32. The second-order valence-electron chi connectivity index (χ2n) is 4.01. The molecule has 1 unspecified atom stereocenters. The molecule has 1 aromatic carbocycles. The Kier molecular flexibility index (Phi) is 4.86. The van der Waals surface area contributed by atoms with E-state index in [-0.39, 0.29) is 10.0 Å². The highest BCUT2D eigenvalue weighted by Gasteiger charge is 2.58. The number of amides is 1. The van der Waals surface area contributed by atoms with Crippen molar-refractivity contribution in [2.45, 2.75) is 18.6 Å². The van der Waals surface area contributed by atoms with Gasteiger partial charge in [0, 0.05) is 8.95 Å². The summed E-state index contributed by atoms with van der Waals surface area (Å²) in [5, 5.41) is 10.2. The van der Waals surface area contributed by atoms with E-state index in [0.717, 1.165) is 0 Å². The zero-order valence-corrected chi connectivity index (χ0v) is 13.1. The van der Waals surface area contributed by atoms with Crippen molar-refractivity contribution in [2.24, 2.45) is 0 Å². The molecule has 9 heteroatoms. The molecule has 0 saturated carbocycles. The molecule has 0 radical (unpaired) electrons. The maximum Gasteiger partial charge on any atom is 0.422 e. The van der Waals surface area contributed by atoms with Crippen LogP contribution in [0.25, 0.3) is 0 Å². The van der Waals surface area contributed by atoms with Gasteiger partial charge in [-0.3, -0.25) is 4.79 Å². The summed E-state index contributed by atoms with van der Waals surface area (Å²) in [7, 11) is 0. The van der Waals surface area contributed by atoms with Crippen LogP contribution in [-0.2, 0) is 4.79 Å². The van der Waals surface area contributed by atoms with Crippen LogP contribution in [0.15, 0.2) is 27.1 Å². The first-order valence-corrected chi connectivity index (χ1v) is 6.65. The summed E-state index contributed by atoms with van der Waals surface area (Å²) in [6.45, 7) is 0.389. The molecular formula is C11H8Br2F3NO3. The molecule has 20 heavy (non-hydrogen) atoms. The highest BCUT2D eigenvalue weighted by molar-refractivity contribution is 9.11. The first-order valence-electron chi connectivity index (χ1n) is 5.06. The van der Waals surface area contributed by atoms with Crippen LogP contribution in [0, 0.1) is 0 Å². The number of hydrogen-bond donors (Lipinski definition) is 2. The molecule has 1 amide bonds. The number of nitrogens with one attached hydrogen (secondary N) is 1. The lowest BCUT2D eigenvalue weighted by molar-refractivity contribution is -0.203. The van der Waals surface area contributed by atoms with Crippen molar-refractivity contribution >= 4 is 43.7 Å². The smallest absolute Gasteiger partial charge is 0.422 e. The second kappa shape index (κ2) is 5.72. The van der Waals surface area contributed by atoms with E-state index in [1.165, 1.54) is 23.5 Å². The number of alkyl halides is 3. The van der Waals surface area contributed by atoms with Crippen LogP contribution in [0.1, 0.15) is 17.3 Å². The Balaban J connectivity index is 3.13. The fourth-order valence-corrected chi connectivity index (χ4v) is 2.44. The molecule has 0 aliphatic heterocycles. The van der Waals surface area contributed by atoms with Crippen molar-refractivity contribution in [2.75, 3.05) is 0 Å². The molecule has 2 N–H and O–H groups in total. The van der Waals surface area contributed by atoms with Crippen LogP contribution in [-0.4, -0.2) is 28.7 Å². The second-order valence-corrected chi connectivity index (χ2v) is 5.78. The Labute approximate surface area is 128 Å². The van der Waals surface area contributed by atoms with Gasteiger partial charge in [-0.15, -0.1) is 0 Å². The van der Waals surface area contributed by atoms with Crippen molar-refractivity contribution in [3.05, 3.63) is 32.7 Å². The molecule has 0 aliphatic rings. The summed E-state index contributed by atoms with van der Waals surface area (Å²) in [5.74, 6) is -3.34. The van der Waals surface area contributed by atoms with Crippen LogP contribution in [0.3, 0.4) is 0 Å². The number of halogens is 5. The molecule has 4 nitrogen and oxygen atoms in total. The predicted molar refractivity (Wildman–Crippen MR) is 71.4 cm³/mol. The fourth-order valence-electron chi connectivity index (χ4n) is 1.21. The van der Waals surface area contributed by atoms with E-state index in [2.05, 4.69) is 31.9 Å². The minimum Gasteiger partial charge on any atom is -0.479 e. The zero-order valence-electron chi connectivity index (χ0n) is 9.89. The van der Waals surface area contributed by atoms with Crippen molar-refractivity contribution < 1.29 is 27.9 Å². The molecule has 0 aliphatic carbocycles. The van der Waals surface area contributed by atoms with Crippen molar-refractivity contribution in [3.8, 4) is 0 Å². The van der Waals surface area contributed by atoms with Gasteiger partial charge in [0.15, 0.2) is 0 Å². The standard InChI is InChI=1S/C11H8Br2F3NO3/c1-10(9(19)20,11(14,15)16)17-8(18)6-3-2-5(12)4-7(6)13/h2-4H,1H3,(H,17,18)(H,19,20). The third-order valence-corrected chi connectivity index (χ3v) is 3.68. The first-order chi connectivity index (χ1) is 8.99. The van der Waals surface area contributed by atoms with Crippen molar-refractivity contribution in [1.29, 1.82) is 0 Å². The summed E-state index contributed by atoms with van der Waals surface area (Å²) in [6, 6.07) is 4.17. The van der Waals surface area contributed by atoms with Crippen LogP contribution >= 0.6 is 31.9 Å². The van der Waals surface area contributed by atoms with E-state index in [1.54, 1.807) is 0 Å². The Bertz CT molecular complexity index is 562. The van der Waals surface area contributed by atoms with Crippen LogP contribution in [0.4, 0.5) is 13.2 Å². The number of rotatable bonds is 3. The SMILES string of the molecule is CC(NC(=O)c1ccc(Br)cc1Br)(C(=O)O)C(F)(F)F. The summed E-state index contributed by atoms with van der Waals surface area (Å²) in [5.41, 5.74) is -3.47. The first kappa shape index (κ1) is 17.0. The molecule has 110 valence electrons. The summed E-state index contributed by atoms with van der Waals surface area (Å²) in [6.07, 6.45) is -5.13. The Morgan fingerprint density at radius 1 is 1.25 bits per heavy atom. The predicted octanol–water partition coefficient (Wildman–Crippen LogP) is 3.35. The Morgan fingerprint density at radius 3 is 2.20 bits per heavy atom. The van der Waals surface area contributed by atoms with Crippen LogP contribution in [0.5, 0.6) is 0 Å². The van der Waals surface area contributed by atoms with Crippen molar-refractivity contribution in [3.63, 3.8) is 0 Å². The molecule has 0 fully saturated rings. The molecule has 1 rings (SSSR count). The zero-order chi connectivity index (χ0) is 15.7. The molecule has 0 heterocycles. The molecule has 0 spiro atoms. The number of carbonyl (C=O) groups is 2. The summed E-state index contributed by atoms with van der Waals surface area (Å²) < 4.78 is 39.2. The highest BCUT2D eigenvalue weighted by atomic mass is 79.9. The fraction of sp³-hybridized carbons (Fsp3) is 0.273. The minimum absolute atomic E-state index is 0.107. The third-order valence-electron chi connectivity index (χ3n) is 2.53. The Morgan fingerprint density at radius 2 is 1.80 bits per heavy atom. The number of hydrogen-bond acceptors (Lipinski definition) is 2. The van der Waals surface area contributed by atoms with Gasteiger partial charge in [0.25, 0.3) is 5.91 Å². The molecule has 0 aromatic heterocycles. The highest BCUT2D eigenvalue weighted by Crippen LogP contribution is 2.31. The summed E-state index contributed by atoms with van der Waals surface area (Å²) in [4.78, 5) is 22.6. The quantitative estimate of drug-likeness (QED) is 0.791. The number of aliphatic carboxylic acids is 1. The topological polar surface area (TPSA) is 66.4 Å². The van der Waals surface area contributed by atoms with Crippen molar-refractivity contribution in [1.82, 2.24) is 5.32 Å². The maximum absolute atomic E-state index is 12.8. The molecule has 1 atom stereocenters. The maximum atomic E-state index is 12.8. The largest absolute Gasteiger partial charge is 0.479 e. The Hall–Kier alpha value is -1.09.